The minimum atomic E-state index is 0.970. The predicted octanol–water partition coefficient (Wildman–Crippen LogP) is 3.79. The summed E-state index contributed by atoms with van der Waals surface area (Å²) in [6.07, 6.45) is 11.4. The molecule has 1 heterocycles. The molecular weight excluding hydrogens is 208 g/mol. The van der Waals surface area contributed by atoms with E-state index < -0.39 is 0 Å². The first-order valence-electron chi connectivity index (χ1n) is 7.16. The van der Waals surface area contributed by atoms with Gasteiger partial charge in [-0.25, -0.2) is 9.97 Å². The summed E-state index contributed by atoms with van der Waals surface area (Å²) in [5.74, 6) is 0.970. The maximum atomic E-state index is 4.69. The first-order valence-corrected chi connectivity index (χ1v) is 7.16. The van der Waals surface area contributed by atoms with E-state index in [0.29, 0.717) is 0 Å². The number of hydrogen-bond donors (Lipinski definition) is 0. The molecule has 0 spiro atoms. The molecule has 0 aliphatic heterocycles. The van der Waals surface area contributed by atoms with Crippen LogP contribution in [-0.2, 0) is 19.3 Å². The van der Waals surface area contributed by atoms with Crippen molar-refractivity contribution in [1.29, 1.82) is 0 Å². The Labute approximate surface area is 105 Å². The Morgan fingerprint density at radius 1 is 1.00 bits per heavy atom. The molecule has 0 bridgehead atoms. The van der Waals surface area contributed by atoms with Crippen molar-refractivity contribution >= 4 is 0 Å². The fraction of sp³-hybridized carbons (Fsp3) is 0.733. The lowest BCUT2D eigenvalue weighted by atomic mass is 10.0. The van der Waals surface area contributed by atoms with E-state index in [1.165, 1.54) is 68.3 Å². The molecule has 0 atom stereocenters. The molecule has 0 saturated carbocycles. The van der Waals surface area contributed by atoms with Crippen LogP contribution in [0.5, 0.6) is 0 Å². The number of hydrogen-bond acceptors (Lipinski definition) is 2. The van der Waals surface area contributed by atoms with Crippen molar-refractivity contribution in [3.8, 4) is 0 Å². The molecule has 2 nitrogen and oxygen atoms in total. The molecular formula is C15H24N2. The van der Waals surface area contributed by atoms with Crippen molar-refractivity contribution in [2.45, 2.75) is 71.6 Å². The van der Waals surface area contributed by atoms with Gasteiger partial charge in [-0.1, -0.05) is 26.2 Å². The highest BCUT2D eigenvalue weighted by Gasteiger charge is 2.15. The largest absolute Gasteiger partial charge is 0.238 e. The third-order valence-electron chi connectivity index (χ3n) is 3.65. The second-order valence-electron chi connectivity index (χ2n) is 5.16. The Hall–Kier alpha value is -0.920. The Morgan fingerprint density at radius 2 is 1.82 bits per heavy atom. The van der Waals surface area contributed by atoms with Crippen LogP contribution in [0.3, 0.4) is 0 Å². The van der Waals surface area contributed by atoms with E-state index in [1.807, 2.05) is 6.92 Å². The SMILES string of the molecule is CCCCCc1nc(C)nc2c1CCCCC2. The highest BCUT2D eigenvalue weighted by Crippen LogP contribution is 2.22. The average Bonchev–Trinajstić information content (AvgIpc) is 2.54. The second kappa shape index (κ2) is 6.13. The van der Waals surface area contributed by atoms with Gasteiger partial charge in [-0.2, -0.15) is 0 Å². The minimum Gasteiger partial charge on any atom is -0.238 e. The number of fused-ring (bicyclic) bond motifs is 1. The normalized spacial score (nSPS) is 15.4. The quantitative estimate of drug-likeness (QED) is 0.583. The van der Waals surface area contributed by atoms with Gasteiger partial charge in [0.05, 0.1) is 0 Å². The number of unbranched alkanes of at least 4 members (excludes halogenated alkanes) is 2. The van der Waals surface area contributed by atoms with Crippen LogP contribution in [0.2, 0.25) is 0 Å². The average molecular weight is 232 g/mol. The van der Waals surface area contributed by atoms with Crippen LogP contribution in [0, 0.1) is 6.92 Å². The molecule has 0 N–H and O–H groups in total. The van der Waals surface area contributed by atoms with Crippen molar-refractivity contribution in [3.63, 3.8) is 0 Å². The molecule has 17 heavy (non-hydrogen) atoms. The number of nitrogens with zero attached hydrogens (tertiary/aromatic N) is 2. The van der Waals surface area contributed by atoms with E-state index in [9.17, 15) is 0 Å². The maximum absolute atomic E-state index is 4.69. The fourth-order valence-corrected chi connectivity index (χ4v) is 2.73. The summed E-state index contributed by atoms with van der Waals surface area (Å²) in [6, 6.07) is 0. The summed E-state index contributed by atoms with van der Waals surface area (Å²) in [4.78, 5) is 9.34. The summed E-state index contributed by atoms with van der Waals surface area (Å²) in [5, 5.41) is 0. The van der Waals surface area contributed by atoms with Crippen LogP contribution in [-0.4, -0.2) is 9.97 Å². The maximum Gasteiger partial charge on any atom is 0.125 e. The van der Waals surface area contributed by atoms with Crippen molar-refractivity contribution < 1.29 is 0 Å². The van der Waals surface area contributed by atoms with Gasteiger partial charge in [0.1, 0.15) is 5.82 Å². The van der Waals surface area contributed by atoms with E-state index in [-0.39, 0.29) is 0 Å². The first kappa shape index (κ1) is 12.5. The first-order chi connectivity index (χ1) is 8.31. The van der Waals surface area contributed by atoms with Gasteiger partial charge in [0, 0.05) is 11.4 Å². The van der Waals surface area contributed by atoms with Gasteiger partial charge in [0.25, 0.3) is 0 Å². The lowest BCUT2D eigenvalue weighted by Gasteiger charge is -2.11. The van der Waals surface area contributed by atoms with Gasteiger partial charge >= 0.3 is 0 Å². The third-order valence-corrected chi connectivity index (χ3v) is 3.65. The monoisotopic (exact) mass is 232 g/mol. The standard InChI is InChI=1S/C15H24N2/c1-3-4-6-10-14-13-9-7-5-8-11-15(13)17-12(2)16-14/h3-11H2,1-2H3. The van der Waals surface area contributed by atoms with E-state index in [1.54, 1.807) is 0 Å². The molecule has 94 valence electrons. The van der Waals surface area contributed by atoms with Gasteiger partial charge in [0.2, 0.25) is 0 Å². The Balaban J connectivity index is 2.20. The van der Waals surface area contributed by atoms with Gasteiger partial charge in [-0.05, 0) is 51.0 Å². The molecule has 0 saturated heterocycles. The van der Waals surface area contributed by atoms with E-state index >= 15 is 0 Å². The summed E-state index contributed by atoms with van der Waals surface area (Å²) in [7, 11) is 0. The summed E-state index contributed by atoms with van der Waals surface area (Å²) < 4.78 is 0. The topological polar surface area (TPSA) is 25.8 Å². The Kier molecular flexibility index (Phi) is 4.52. The predicted molar refractivity (Wildman–Crippen MR) is 71.3 cm³/mol. The zero-order valence-electron chi connectivity index (χ0n) is 11.3. The highest BCUT2D eigenvalue weighted by molar-refractivity contribution is 5.27. The van der Waals surface area contributed by atoms with Crippen LogP contribution < -0.4 is 0 Å². The summed E-state index contributed by atoms with van der Waals surface area (Å²) in [5.41, 5.74) is 4.19. The molecule has 1 aromatic heterocycles. The number of aromatic nitrogens is 2. The van der Waals surface area contributed by atoms with E-state index in [4.69, 9.17) is 0 Å². The van der Waals surface area contributed by atoms with Gasteiger partial charge in [-0.3, -0.25) is 0 Å². The second-order valence-corrected chi connectivity index (χ2v) is 5.16. The van der Waals surface area contributed by atoms with E-state index in [0.717, 1.165) is 12.2 Å². The molecule has 0 amide bonds. The Bertz CT molecular complexity index is 371. The Morgan fingerprint density at radius 3 is 2.65 bits per heavy atom. The van der Waals surface area contributed by atoms with Crippen LogP contribution in [0.25, 0.3) is 0 Å². The molecule has 1 aliphatic rings. The van der Waals surface area contributed by atoms with Crippen molar-refractivity contribution in [1.82, 2.24) is 9.97 Å². The van der Waals surface area contributed by atoms with Crippen LogP contribution in [0.15, 0.2) is 0 Å². The van der Waals surface area contributed by atoms with Crippen molar-refractivity contribution in [2.75, 3.05) is 0 Å². The molecule has 1 aromatic rings. The number of rotatable bonds is 4. The molecule has 2 heteroatoms. The lowest BCUT2D eigenvalue weighted by Crippen LogP contribution is -2.07. The minimum absolute atomic E-state index is 0.970. The molecule has 0 unspecified atom stereocenters. The zero-order chi connectivity index (χ0) is 12.1. The van der Waals surface area contributed by atoms with Crippen molar-refractivity contribution in [2.24, 2.45) is 0 Å². The zero-order valence-corrected chi connectivity index (χ0v) is 11.3. The van der Waals surface area contributed by atoms with Crippen molar-refractivity contribution in [3.05, 3.63) is 22.8 Å². The third kappa shape index (κ3) is 3.27. The lowest BCUT2D eigenvalue weighted by molar-refractivity contribution is 0.689. The highest BCUT2D eigenvalue weighted by atomic mass is 14.9. The van der Waals surface area contributed by atoms with Crippen LogP contribution >= 0.6 is 0 Å². The van der Waals surface area contributed by atoms with E-state index in [2.05, 4.69) is 16.9 Å². The molecule has 0 fully saturated rings. The molecule has 1 aliphatic carbocycles. The van der Waals surface area contributed by atoms with Crippen LogP contribution in [0.1, 0.15) is 68.2 Å². The summed E-state index contributed by atoms with van der Waals surface area (Å²) in [6.45, 7) is 4.29. The number of aryl methyl sites for hydroxylation is 3. The van der Waals surface area contributed by atoms with Gasteiger partial charge in [0.15, 0.2) is 0 Å². The molecule has 0 aromatic carbocycles. The fourth-order valence-electron chi connectivity index (χ4n) is 2.73. The summed E-state index contributed by atoms with van der Waals surface area (Å²) >= 11 is 0. The smallest absolute Gasteiger partial charge is 0.125 e. The molecule has 0 radical (unpaired) electrons. The van der Waals surface area contributed by atoms with Gasteiger partial charge < -0.3 is 0 Å². The van der Waals surface area contributed by atoms with Gasteiger partial charge in [-0.15, -0.1) is 0 Å². The molecule has 2 rings (SSSR count). The van der Waals surface area contributed by atoms with Crippen LogP contribution in [0.4, 0.5) is 0 Å².